The number of thiazole rings is 1. The molecule has 1 aromatic heterocycles. The van der Waals surface area contributed by atoms with Crippen LogP contribution in [0.5, 0.6) is 5.75 Å². The topological polar surface area (TPSA) is 51.2 Å². The molecule has 28 heavy (non-hydrogen) atoms. The first-order chi connectivity index (χ1) is 13.6. The normalized spacial score (nSPS) is 14.2. The molecule has 0 unspecified atom stereocenters. The van der Waals surface area contributed by atoms with Gasteiger partial charge in [0.15, 0.2) is 5.13 Å². The number of ether oxygens (including phenoxy) is 1. The second kappa shape index (κ2) is 8.90. The maximum absolute atomic E-state index is 12.6. The van der Waals surface area contributed by atoms with Gasteiger partial charge in [-0.1, -0.05) is 12.1 Å². The number of benzene rings is 2. The summed E-state index contributed by atoms with van der Waals surface area (Å²) < 4.78 is 6.61. The molecule has 8 heteroatoms. The van der Waals surface area contributed by atoms with E-state index in [4.69, 9.17) is 4.74 Å². The summed E-state index contributed by atoms with van der Waals surface area (Å²) in [5, 5.41) is 5.41. The molecule has 1 aliphatic rings. The molecule has 0 radical (unpaired) electrons. The number of nitrogens with one attached hydrogen (secondary N) is 1. The monoisotopic (exact) mass is 492 g/mol. The molecule has 1 fully saturated rings. The van der Waals surface area contributed by atoms with Gasteiger partial charge >= 0.3 is 0 Å². The molecule has 3 aromatic rings. The van der Waals surface area contributed by atoms with Crippen molar-refractivity contribution in [3.05, 3.63) is 63.4 Å². The van der Waals surface area contributed by atoms with Gasteiger partial charge in [-0.3, -0.25) is 10.1 Å². The molecular weight excluding hydrogens is 476 g/mol. The van der Waals surface area contributed by atoms with Crippen molar-refractivity contribution in [1.82, 2.24) is 4.98 Å². The van der Waals surface area contributed by atoms with E-state index in [0.29, 0.717) is 15.3 Å². The third-order valence-corrected chi connectivity index (χ3v) is 8.72. The Balaban J connectivity index is 1.44. The summed E-state index contributed by atoms with van der Waals surface area (Å²) >= 11 is 8.82. The highest BCUT2D eigenvalue weighted by atomic mass is 79.9. The highest BCUT2D eigenvalue weighted by molar-refractivity contribution is 9.10. The average Bonchev–Trinajstić information content (AvgIpc) is 3.40. The lowest BCUT2D eigenvalue weighted by molar-refractivity contribution is 0.102. The van der Waals surface area contributed by atoms with Crippen LogP contribution >= 0.6 is 50.8 Å². The van der Waals surface area contributed by atoms with Crippen LogP contribution in [0.15, 0.2) is 52.3 Å². The molecule has 0 saturated carbocycles. The zero-order valence-corrected chi connectivity index (χ0v) is 19.0. The fourth-order valence-electron chi connectivity index (χ4n) is 2.80. The number of thioether (sulfide) groups is 2. The number of amides is 1. The second-order valence-electron chi connectivity index (χ2n) is 6.04. The van der Waals surface area contributed by atoms with Crippen LogP contribution in [-0.2, 0) is 0 Å². The summed E-state index contributed by atoms with van der Waals surface area (Å²) in [5.41, 5.74) is 3.68. The molecule has 2 heterocycles. The molecule has 1 amide bonds. The largest absolute Gasteiger partial charge is 0.496 e. The van der Waals surface area contributed by atoms with Gasteiger partial charge in [0.1, 0.15) is 5.75 Å². The van der Waals surface area contributed by atoms with E-state index in [-0.39, 0.29) is 5.91 Å². The van der Waals surface area contributed by atoms with Crippen LogP contribution in [0.4, 0.5) is 5.13 Å². The smallest absolute Gasteiger partial charge is 0.257 e. The van der Waals surface area contributed by atoms with Gasteiger partial charge in [-0.15, -0.1) is 34.9 Å². The van der Waals surface area contributed by atoms with Crippen LogP contribution in [0.25, 0.3) is 11.3 Å². The van der Waals surface area contributed by atoms with Crippen LogP contribution in [0.2, 0.25) is 0 Å². The van der Waals surface area contributed by atoms with E-state index < -0.39 is 0 Å². The molecule has 4 rings (SSSR count). The third kappa shape index (κ3) is 4.40. The zero-order chi connectivity index (χ0) is 19.5. The van der Waals surface area contributed by atoms with Crippen LogP contribution < -0.4 is 10.1 Å². The highest BCUT2D eigenvalue weighted by Crippen LogP contribution is 2.45. The first-order valence-corrected chi connectivity index (χ1v) is 12.3. The predicted octanol–water partition coefficient (Wildman–Crippen LogP) is 6.31. The van der Waals surface area contributed by atoms with E-state index in [1.165, 1.54) is 28.4 Å². The molecule has 0 atom stereocenters. The van der Waals surface area contributed by atoms with E-state index >= 15 is 0 Å². The lowest BCUT2D eigenvalue weighted by atomic mass is 10.1. The average molecular weight is 493 g/mol. The Morgan fingerprint density at radius 3 is 2.61 bits per heavy atom. The quantitative estimate of drug-likeness (QED) is 0.451. The first-order valence-electron chi connectivity index (χ1n) is 8.58. The Hall–Kier alpha value is -1.48. The summed E-state index contributed by atoms with van der Waals surface area (Å²) in [6.45, 7) is 0. The van der Waals surface area contributed by atoms with Crippen molar-refractivity contribution in [2.45, 2.75) is 4.58 Å². The Morgan fingerprint density at radius 1 is 1.18 bits per heavy atom. The first kappa shape index (κ1) is 19.8. The van der Waals surface area contributed by atoms with Gasteiger partial charge in [-0.2, -0.15) is 0 Å². The molecule has 0 aliphatic carbocycles. The summed E-state index contributed by atoms with van der Waals surface area (Å²) in [4.78, 5) is 17.1. The van der Waals surface area contributed by atoms with E-state index in [0.717, 1.165) is 21.5 Å². The van der Waals surface area contributed by atoms with E-state index in [2.05, 4.69) is 26.2 Å². The molecule has 144 valence electrons. The van der Waals surface area contributed by atoms with Crippen molar-refractivity contribution in [3.8, 4) is 17.0 Å². The van der Waals surface area contributed by atoms with Crippen LogP contribution in [0, 0.1) is 0 Å². The zero-order valence-electron chi connectivity index (χ0n) is 15.0. The number of rotatable bonds is 5. The van der Waals surface area contributed by atoms with Crippen LogP contribution in [0.3, 0.4) is 0 Å². The van der Waals surface area contributed by atoms with Crippen molar-refractivity contribution < 1.29 is 9.53 Å². The number of hydrogen-bond acceptors (Lipinski definition) is 6. The SMILES string of the molecule is COc1ccc(-c2csc(NC(=O)c3ccc(C4SCCS4)cc3)n2)cc1Br. The minimum absolute atomic E-state index is 0.143. The Morgan fingerprint density at radius 2 is 1.93 bits per heavy atom. The van der Waals surface area contributed by atoms with Crippen molar-refractivity contribution in [2.75, 3.05) is 23.9 Å². The minimum Gasteiger partial charge on any atom is -0.496 e. The number of carbonyl (C=O) groups excluding carboxylic acids is 1. The van der Waals surface area contributed by atoms with Crippen molar-refractivity contribution in [2.24, 2.45) is 0 Å². The van der Waals surface area contributed by atoms with Gasteiger partial charge in [0, 0.05) is 28.0 Å². The molecule has 0 bridgehead atoms. The van der Waals surface area contributed by atoms with E-state index in [1.54, 1.807) is 7.11 Å². The maximum atomic E-state index is 12.6. The molecule has 1 aliphatic heterocycles. The van der Waals surface area contributed by atoms with Crippen LogP contribution in [0.1, 0.15) is 20.5 Å². The summed E-state index contributed by atoms with van der Waals surface area (Å²) in [6, 6.07) is 13.7. The summed E-state index contributed by atoms with van der Waals surface area (Å²) in [7, 11) is 1.63. The predicted molar refractivity (Wildman–Crippen MR) is 124 cm³/mol. The highest BCUT2D eigenvalue weighted by Gasteiger charge is 2.18. The lowest BCUT2D eigenvalue weighted by Gasteiger charge is -2.09. The molecule has 2 aromatic carbocycles. The van der Waals surface area contributed by atoms with Gasteiger partial charge in [0.05, 0.1) is 21.9 Å². The molecule has 0 spiro atoms. The number of nitrogens with zero attached hydrogens (tertiary/aromatic N) is 1. The summed E-state index contributed by atoms with van der Waals surface area (Å²) in [5.74, 6) is 3.00. The Bertz CT molecular complexity index is 985. The number of methoxy groups -OCH3 is 1. The van der Waals surface area contributed by atoms with Gasteiger partial charge in [0.25, 0.3) is 5.91 Å². The van der Waals surface area contributed by atoms with Gasteiger partial charge in [-0.05, 0) is 51.8 Å². The summed E-state index contributed by atoms with van der Waals surface area (Å²) in [6.07, 6.45) is 0. The van der Waals surface area contributed by atoms with E-state index in [9.17, 15) is 4.79 Å². The number of hydrogen-bond donors (Lipinski definition) is 1. The molecular formula is C20H17BrN2O2S3. The maximum Gasteiger partial charge on any atom is 0.257 e. The molecule has 1 N–H and O–H groups in total. The van der Waals surface area contributed by atoms with Gasteiger partial charge in [0.2, 0.25) is 0 Å². The number of halogens is 1. The van der Waals surface area contributed by atoms with E-state index in [1.807, 2.05) is 71.4 Å². The Labute approximate surface area is 184 Å². The van der Waals surface area contributed by atoms with Gasteiger partial charge < -0.3 is 4.74 Å². The molecule has 4 nitrogen and oxygen atoms in total. The number of anilines is 1. The van der Waals surface area contributed by atoms with Crippen molar-refractivity contribution >= 4 is 61.8 Å². The van der Waals surface area contributed by atoms with Crippen molar-refractivity contribution in [3.63, 3.8) is 0 Å². The minimum atomic E-state index is -0.143. The Kier molecular flexibility index (Phi) is 6.30. The van der Waals surface area contributed by atoms with Crippen molar-refractivity contribution in [1.29, 1.82) is 0 Å². The second-order valence-corrected chi connectivity index (χ2v) is 10.5. The lowest BCUT2D eigenvalue weighted by Crippen LogP contribution is -2.11. The van der Waals surface area contributed by atoms with Gasteiger partial charge in [-0.25, -0.2) is 4.98 Å². The standard InChI is InChI=1S/C20H17BrN2O2S3/c1-25-17-7-6-14(10-15(17)21)16-11-28-20(22-16)23-18(24)12-2-4-13(5-3-12)19-26-8-9-27-19/h2-7,10-11,19H,8-9H2,1H3,(H,22,23,24). The van der Waals surface area contributed by atoms with Crippen LogP contribution in [-0.4, -0.2) is 29.5 Å². The molecule has 1 saturated heterocycles. The third-order valence-electron chi connectivity index (χ3n) is 4.24. The number of aromatic nitrogens is 1. The fraction of sp³-hybridized carbons (Fsp3) is 0.200. The fourth-order valence-corrected chi connectivity index (χ4v) is 6.92. The number of carbonyl (C=O) groups is 1.